The van der Waals surface area contributed by atoms with Gasteiger partial charge in [-0.25, -0.2) is 0 Å². The second-order valence-corrected chi connectivity index (χ2v) is 17.8. The summed E-state index contributed by atoms with van der Waals surface area (Å²) in [5.41, 5.74) is -1.96. The largest absolute Gasteiger partial charge is 0.465 e. The first kappa shape index (κ1) is 37.3. The van der Waals surface area contributed by atoms with Gasteiger partial charge in [0, 0.05) is 18.3 Å². The van der Waals surface area contributed by atoms with E-state index >= 15 is 0 Å². The molecule has 3 unspecified atom stereocenters. The Balaban J connectivity index is 1.52. The highest BCUT2D eigenvalue weighted by atomic mass is 16.5. The summed E-state index contributed by atoms with van der Waals surface area (Å²) in [6, 6.07) is 0. The minimum atomic E-state index is -1.27. The summed E-state index contributed by atoms with van der Waals surface area (Å²) in [4.78, 5) is 25.3. The summed E-state index contributed by atoms with van der Waals surface area (Å²) in [5.74, 6) is -0.554. The fraction of sp³-hybridized carbons (Fsp3) is 0.800. The van der Waals surface area contributed by atoms with Crippen LogP contribution in [0.25, 0.3) is 0 Å². The fourth-order valence-corrected chi connectivity index (χ4v) is 11.9. The molecule has 5 rings (SSSR count). The number of carbonyl (C=O) groups excluding carboxylic acids is 2. The molecule has 4 N–H and O–H groups in total. The van der Waals surface area contributed by atoms with Gasteiger partial charge in [-0.15, -0.1) is 13.2 Å². The summed E-state index contributed by atoms with van der Waals surface area (Å²) >= 11 is 0. The lowest BCUT2D eigenvalue weighted by atomic mass is 9.33. The molecule has 8 nitrogen and oxygen atoms in total. The molecule has 0 heterocycles. The molecule has 5 aliphatic rings. The Hall–Kier alpha value is -2.00. The first-order chi connectivity index (χ1) is 22.4. The van der Waals surface area contributed by atoms with Gasteiger partial charge in [-0.05, 0) is 97.2 Å². The molecule has 8 heteroatoms. The normalized spacial score (nSPS) is 46.0. The third-order valence-electron chi connectivity index (χ3n) is 15.1. The van der Waals surface area contributed by atoms with Gasteiger partial charge in [0.1, 0.15) is 6.61 Å². The molecule has 0 aromatic heterocycles. The van der Waals surface area contributed by atoms with Crippen LogP contribution in [0.5, 0.6) is 0 Å². The van der Waals surface area contributed by atoms with Gasteiger partial charge in [0.05, 0.1) is 36.4 Å². The maximum absolute atomic E-state index is 12.7. The smallest absolute Gasteiger partial charge is 0.306 e. The topological polar surface area (TPSA) is 134 Å². The third-order valence-corrected chi connectivity index (χ3v) is 15.1. The highest BCUT2D eigenvalue weighted by Crippen LogP contribution is 2.75. The number of carbonyl (C=O) groups is 2. The van der Waals surface area contributed by atoms with Crippen molar-refractivity contribution in [2.24, 2.45) is 50.2 Å². The van der Waals surface area contributed by atoms with Crippen LogP contribution in [0.15, 0.2) is 37.0 Å². The Kier molecular flexibility index (Phi) is 10.1. The lowest BCUT2D eigenvalue weighted by Gasteiger charge is -2.72. The fourth-order valence-electron chi connectivity index (χ4n) is 11.9. The van der Waals surface area contributed by atoms with E-state index in [2.05, 4.69) is 46.9 Å². The van der Waals surface area contributed by atoms with Crippen molar-refractivity contribution in [1.29, 1.82) is 0 Å². The van der Waals surface area contributed by atoms with Crippen molar-refractivity contribution in [2.75, 3.05) is 13.2 Å². The first-order valence-corrected chi connectivity index (χ1v) is 18.3. The monoisotopic (exact) mass is 670 g/mol. The summed E-state index contributed by atoms with van der Waals surface area (Å²) < 4.78 is 11.6. The van der Waals surface area contributed by atoms with E-state index in [-0.39, 0.29) is 60.6 Å². The number of aliphatic hydroxyl groups is 4. The quantitative estimate of drug-likeness (QED) is 0.163. The van der Waals surface area contributed by atoms with Crippen LogP contribution in [0, 0.1) is 50.2 Å². The van der Waals surface area contributed by atoms with Crippen LogP contribution in [0.2, 0.25) is 0 Å². The number of allylic oxidation sites excluding steroid dienone is 4. The Morgan fingerprint density at radius 1 is 0.812 bits per heavy atom. The summed E-state index contributed by atoms with van der Waals surface area (Å²) in [6.45, 7) is 20.5. The molecule has 0 aromatic rings. The van der Waals surface area contributed by atoms with Crippen LogP contribution in [0.4, 0.5) is 0 Å². The molecule has 48 heavy (non-hydrogen) atoms. The number of hydrogen-bond acceptors (Lipinski definition) is 8. The average molecular weight is 671 g/mol. The lowest BCUT2D eigenvalue weighted by molar-refractivity contribution is -0.261. The molecule has 270 valence electrons. The van der Waals surface area contributed by atoms with E-state index in [1.165, 1.54) is 5.57 Å². The second-order valence-electron chi connectivity index (χ2n) is 17.8. The maximum Gasteiger partial charge on any atom is 0.306 e. The number of esters is 2. The molecule has 12 atom stereocenters. The van der Waals surface area contributed by atoms with Crippen LogP contribution in [-0.4, -0.2) is 70.0 Å². The maximum atomic E-state index is 12.7. The minimum absolute atomic E-state index is 0.138. The minimum Gasteiger partial charge on any atom is -0.465 e. The molecule has 0 aromatic carbocycles. The zero-order chi connectivity index (χ0) is 35.5. The van der Waals surface area contributed by atoms with Gasteiger partial charge in [-0.3, -0.25) is 9.59 Å². The van der Waals surface area contributed by atoms with Crippen molar-refractivity contribution in [2.45, 2.75) is 137 Å². The van der Waals surface area contributed by atoms with Gasteiger partial charge in [-0.1, -0.05) is 65.3 Å². The molecule has 4 saturated carbocycles. The highest BCUT2D eigenvalue weighted by Gasteiger charge is 2.72. The second kappa shape index (κ2) is 13.0. The zero-order valence-electron chi connectivity index (χ0n) is 30.3. The van der Waals surface area contributed by atoms with E-state index in [4.69, 9.17) is 9.47 Å². The molecule has 0 spiro atoms. The van der Waals surface area contributed by atoms with E-state index < -0.39 is 52.0 Å². The molecule has 0 amide bonds. The predicted octanol–water partition coefficient (Wildman–Crippen LogP) is 6.06. The Labute approximate surface area is 288 Å². The van der Waals surface area contributed by atoms with Crippen LogP contribution in [0.3, 0.4) is 0 Å². The first-order valence-electron chi connectivity index (χ1n) is 18.3. The molecule has 0 aliphatic heterocycles. The summed E-state index contributed by atoms with van der Waals surface area (Å²) in [7, 11) is 0. The van der Waals surface area contributed by atoms with Crippen LogP contribution < -0.4 is 0 Å². The van der Waals surface area contributed by atoms with E-state index in [0.717, 1.165) is 25.7 Å². The Morgan fingerprint density at radius 2 is 1.42 bits per heavy atom. The molecule has 4 fully saturated rings. The molecule has 0 radical (unpaired) electrons. The van der Waals surface area contributed by atoms with Crippen molar-refractivity contribution in [3.8, 4) is 0 Å². The molecular formula is C40H62O8. The standard InChI is InChI=1S/C40H62O8/c1-9-11-13-31(43)47-23-37(6)27-17-20-38(7)28(36(27,5)19-18-29(37)41)16-15-25-26-21-35(3,4)33(45)34(46)40(26,30(42)22-39(25,38)8)24-48-32(44)14-12-10-2/h9-10,15,26-30,33-34,41-42,45-46H,1-2,11-14,16-24H2,3-8H3/t26?,27?,28?,29-,30+,33-,34-,36-,37+,38+,39+,40-/m0/s1. The van der Waals surface area contributed by atoms with Crippen molar-refractivity contribution >= 4 is 11.9 Å². The number of aliphatic hydroxyl groups excluding tert-OH is 4. The number of hydrogen-bond donors (Lipinski definition) is 4. The van der Waals surface area contributed by atoms with Crippen LogP contribution in [-0.2, 0) is 19.1 Å². The van der Waals surface area contributed by atoms with E-state index in [1.54, 1.807) is 12.2 Å². The Bertz CT molecular complexity index is 1310. The third kappa shape index (κ3) is 5.47. The van der Waals surface area contributed by atoms with Gasteiger partial charge in [0.25, 0.3) is 0 Å². The Morgan fingerprint density at radius 3 is 2.02 bits per heavy atom. The van der Waals surface area contributed by atoms with Gasteiger partial charge in [-0.2, -0.15) is 0 Å². The molecule has 0 bridgehead atoms. The van der Waals surface area contributed by atoms with E-state index in [9.17, 15) is 30.0 Å². The van der Waals surface area contributed by atoms with Gasteiger partial charge >= 0.3 is 11.9 Å². The zero-order valence-corrected chi connectivity index (χ0v) is 30.3. The van der Waals surface area contributed by atoms with Gasteiger partial charge in [0.15, 0.2) is 0 Å². The van der Waals surface area contributed by atoms with Crippen molar-refractivity contribution in [3.63, 3.8) is 0 Å². The highest BCUT2D eigenvalue weighted by molar-refractivity contribution is 5.70. The number of fused-ring (bicyclic) bond motifs is 7. The predicted molar refractivity (Wildman–Crippen MR) is 184 cm³/mol. The van der Waals surface area contributed by atoms with Crippen molar-refractivity contribution < 1.29 is 39.5 Å². The van der Waals surface area contributed by atoms with Gasteiger partial charge < -0.3 is 29.9 Å². The van der Waals surface area contributed by atoms with Crippen molar-refractivity contribution in [3.05, 3.63) is 37.0 Å². The number of rotatable bonds is 10. The molecule has 0 saturated heterocycles. The van der Waals surface area contributed by atoms with Crippen LogP contribution in [0.1, 0.15) is 112 Å². The average Bonchev–Trinajstić information content (AvgIpc) is 3.02. The van der Waals surface area contributed by atoms with Gasteiger partial charge in [0.2, 0.25) is 0 Å². The summed E-state index contributed by atoms with van der Waals surface area (Å²) in [5, 5.41) is 47.1. The molecular weight excluding hydrogens is 608 g/mol. The van der Waals surface area contributed by atoms with Crippen molar-refractivity contribution in [1.82, 2.24) is 0 Å². The molecule has 5 aliphatic carbocycles. The number of ether oxygens (including phenoxy) is 2. The lowest BCUT2D eigenvalue weighted by Crippen LogP contribution is -2.72. The summed E-state index contributed by atoms with van der Waals surface area (Å²) in [6.07, 6.45) is 8.32. The van der Waals surface area contributed by atoms with E-state index in [0.29, 0.717) is 32.1 Å². The van der Waals surface area contributed by atoms with E-state index in [1.807, 2.05) is 13.8 Å². The van der Waals surface area contributed by atoms with Crippen LogP contribution >= 0.6 is 0 Å². The SMILES string of the molecule is C=CCCC(=O)OC[C@@]12C(CC(C)(C)[C@@H](O)[C@@H]1O)C1=CCC3[C@@]4(C)CC[C@H](O)[C@](C)(COC(=O)CCC=C)C4CC[C@@]3(C)[C@]1(C)C[C@H]2O.